The van der Waals surface area contributed by atoms with E-state index >= 15 is 0 Å². The van der Waals surface area contributed by atoms with Crippen molar-refractivity contribution in [1.29, 1.82) is 0 Å². The monoisotopic (exact) mass is 315 g/mol. The Labute approximate surface area is 132 Å². The first-order valence-electron chi connectivity index (χ1n) is 7.28. The van der Waals surface area contributed by atoms with Gasteiger partial charge in [0, 0.05) is 18.2 Å². The van der Waals surface area contributed by atoms with Crippen molar-refractivity contribution in [2.75, 3.05) is 5.75 Å². The number of aryl methyl sites for hydroxylation is 2. The number of aromatic nitrogens is 5. The number of tetrazole rings is 1. The first-order chi connectivity index (χ1) is 10.9. The molecule has 0 fully saturated rings. The van der Waals surface area contributed by atoms with Crippen LogP contribution in [0.3, 0.4) is 0 Å². The lowest BCUT2D eigenvalue weighted by atomic mass is 10.2. The number of nitrogens with zero attached hydrogens (tertiary/aromatic N) is 5. The van der Waals surface area contributed by atoms with Crippen molar-refractivity contribution in [3.63, 3.8) is 0 Å². The maximum absolute atomic E-state index is 5.28. The third-order valence-electron chi connectivity index (χ3n) is 3.21. The van der Waals surface area contributed by atoms with E-state index in [0.29, 0.717) is 0 Å². The van der Waals surface area contributed by atoms with Crippen molar-refractivity contribution < 1.29 is 4.52 Å². The lowest BCUT2D eigenvalue weighted by molar-refractivity contribution is 0.377. The molecule has 2 aromatic heterocycles. The molecule has 0 N–H and O–H groups in total. The van der Waals surface area contributed by atoms with Gasteiger partial charge in [0.2, 0.25) is 5.16 Å². The predicted molar refractivity (Wildman–Crippen MR) is 84.1 cm³/mol. The summed E-state index contributed by atoms with van der Waals surface area (Å²) < 4.78 is 7.04. The maximum atomic E-state index is 5.28. The molecule has 0 spiro atoms. The summed E-state index contributed by atoms with van der Waals surface area (Å²) >= 11 is 1.65. The summed E-state index contributed by atoms with van der Waals surface area (Å²) in [6.45, 7) is 2.07. The molecule has 1 aromatic carbocycles. The zero-order chi connectivity index (χ0) is 15.2. The van der Waals surface area contributed by atoms with Gasteiger partial charge in [-0.2, -0.15) is 4.68 Å². The fourth-order valence-electron chi connectivity index (χ4n) is 2.05. The molecular formula is C15H17N5OS. The van der Waals surface area contributed by atoms with Crippen LogP contribution in [0.15, 0.2) is 46.1 Å². The number of hydrogen-bond acceptors (Lipinski definition) is 6. The second kappa shape index (κ2) is 7.22. The van der Waals surface area contributed by atoms with Crippen LogP contribution in [0.25, 0.3) is 5.69 Å². The van der Waals surface area contributed by atoms with Gasteiger partial charge < -0.3 is 4.52 Å². The molecule has 0 amide bonds. The highest BCUT2D eigenvalue weighted by atomic mass is 32.2. The lowest BCUT2D eigenvalue weighted by Gasteiger charge is -2.03. The Morgan fingerprint density at radius 1 is 1.23 bits per heavy atom. The Kier molecular flexibility index (Phi) is 4.85. The molecule has 0 saturated heterocycles. The Morgan fingerprint density at radius 3 is 2.86 bits per heavy atom. The van der Waals surface area contributed by atoms with Gasteiger partial charge in [-0.1, -0.05) is 42.0 Å². The van der Waals surface area contributed by atoms with Gasteiger partial charge >= 0.3 is 0 Å². The molecule has 0 aliphatic carbocycles. The van der Waals surface area contributed by atoms with Crippen molar-refractivity contribution in [1.82, 2.24) is 25.4 Å². The van der Waals surface area contributed by atoms with E-state index in [1.807, 2.05) is 36.4 Å². The first kappa shape index (κ1) is 14.8. The molecule has 3 rings (SSSR count). The van der Waals surface area contributed by atoms with Gasteiger partial charge in [0.25, 0.3) is 0 Å². The number of thioether (sulfide) groups is 1. The minimum Gasteiger partial charge on any atom is -0.361 e. The van der Waals surface area contributed by atoms with Gasteiger partial charge in [0.05, 0.1) is 11.4 Å². The van der Waals surface area contributed by atoms with Crippen molar-refractivity contribution in [3.8, 4) is 5.69 Å². The normalized spacial score (nSPS) is 11.0. The fraction of sp³-hybridized carbons (Fsp3) is 0.333. The summed E-state index contributed by atoms with van der Waals surface area (Å²) in [6.07, 6.45) is 2.78. The zero-order valence-electron chi connectivity index (χ0n) is 12.3. The Morgan fingerprint density at radius 2 is 2.09 bits per heavy atom. The Balaban J connectivity index is 1.53. The van der Waals surface area contributed by atoms with E-state index in [0.717, 1.165) is 47.3 Å². The smallest absolute Gasteiger partial charge is 0.214 e. The second-order valence-electron chi connectivity index (χ2n) is 4.80. The van der Waals surface area contributed by atoms with Crippen molar-refractivity contribution >= 4 is 11.8 Å². The molecule has 0 radical (unpaired) electrons. The van der Waals surface area contributed by atoms with Gasteiger partial charge in [-0.15, -0.1) is 5.10 Å². The highest BCUT2D eigenvalue weighted by molar-refractivity contribution is 7.99. The SMILES string of the molecule is CCc1cc(CCCSc2nnnn2-c2ccccc2)on1. The first-order valence-corrected chi connectivity index (χ1v) is 8.26. The largest absolute Gasteiger partial charge is 0.361 e. The quantitative estimate of drug-likeness (QED) is 0.493. The number of benzene rings is 1. The van der Waals surface area contributed by atoms with Crippen LogP contribution >= 0.6 is 11.8 Å². The average Bonchev–Trinajstić information content (AvgIpc) is 3.21. The molecule has 0 bridgehead atoms. The van der Waals surface area contributed by atoms with Gasteiger partial charge in [0.1, 0.15) is 5.76 Å². The molecular weight excluding hydrogens is 298 g/mol. The van der Waals surface area contributed by atoms with Crippen LogP contribution in [-0.4, -0.2) is 31.1 Å². The Hall–Kier alpha value is -2.15. The average molecular weight is 315 g/mol. The van der Waals surface area contributed by atoms with Crippen LogP contribution in [0.2, 0.25) is 0 Å². The van der Waals surface area contributed by atoms with Crippen molar-refractivity contribution in [2.24, 2.45) is 0 Å². The van der Waals surface area contributed by atoms with E-state index in [9.17, 15) is 0 Å². The van der Waals surface area contributed by atoms with Gasteiger partial charge in [-0.25, -0.2) is 0 Å². The standard InChI is InChI=1S/C15H17N5OS/c1-2-12-11-14(21-17-12)9-6-10-22-15-16-18-19-20(15)13-7-4-3-5-8-13/h3-5,7-8,11H,2,6,9-10H2,1H3. The third kappa shape index (κ3) is 3.54. The van der Waals surface area contributed by atoms with E-state index < -0.39 is 0 Å². The summed E-state index contributed by atoms with van der Waals surface area (Å²) in [5, 5.41) is 16.7. The fourth-order valence-corrected chi connectivity index (χ4v) is 2.88. The highest BCUT2D eigenvalue weighted by Crippen LogP contribution is 2.19. The van der Waals surface area contributed by atoms with Gasteiger partial charge in [-0.3, -0.25) is 0 Å². The van der Waals surface area contributed by atoms with Gasteiger partial charge in [0.15, 0.2) is 0 Å². The van der Waals surface area contributed by atoms with E-state index in [-0.39, 0.29) is 0 Å². The molecule has 0 saturated carbocycles. The summed E-state index contributed by atoms with van der Waals surface area (Å²) in [5.41, 5.74) is 1.98. The molecule has 0 unspecified atom stereocenters. The van der Waals surface area contributed by atoms with Crippen LogP contribution in [0.4, 0.5) is 0 Å². The number of hydrogen-bond donors (Lipinski definition) is 0. The van der Waals surface area contributed by atoms with Crippen LogP contribution in [-0.2, 0) is 12.8 Å². The van der Waals surface area contributed by atoms with Crippen LogP contribution < -0.4 is 0 Å². The van der Waals surface area contributed by atoms with Crippen LogP contribution in [0, 0.1) is 0 Å². The minimum absolute atomic E-state index is 0.804. The summed E-state index contributed by atoms with van der Waals surface area (Å²) in [6, 6.07) is 11.9. The maximum Gasteiger partial charge on any atom is 0.214 e. The van der Waals surface area contributed by atoms with Crippen LogP contribution in [0.1, 0.15) is 24.8 Å². The van der Waals surface area contributed by atoms with Gasteiger partial charge in [-0.05, 0) is 35.4 Å². The predicted octanol–water partition coefficient (Wildman–Crippen LogP) is 2.94. The van der Waals surface area contributed by atoms with E-state index in [1.54, 1.807) is 16.4 Å². The molecule has 2 heterocycles. The zero-order valence-corrected chi connectivity index (χ0v) is 13.2. The molecule has 6 nitrogen and oxygen atoms in total. The van der Waals surface area contributed by atoms with E-state index in [1.165, 1.54) is 0 Å². The molecule has 7 heteroatoms. The third-order valence-corrected chi connectivity index (χ3v) is 4.22. The molecule has 22 heavy (non-hydrogen) atoms. The molecule has 0 aliphatic heterocycles. The lowest BCUT2D eigenvalue weighted by Crippen LogP contribution is -1.99. The van der Waals surface area contributed by atoms with Crippen molar-refractivity contribution in [2.45, 2.75) is 31.3 Å². The topological polar surface area (TPSA) is 69.6 Å². The van der Waals surface area contributed by atoms with Crippen LogP contribution in [0.5, 0.6) is 0 Å². The van der Waals surface area contributed by atoms with E-state index in [4.69, 9.17) is 4.52 Å². The molecule has 0 atom stereocenters. The summed E-state index contributed by atoms with van der Waals surface area (Å²) in [5.74, 6) is 1.87. The number of rotatable bonds is 7. The van der Waals surface area contributed by atoms with Crippen molar-refractivity contribution in [3.05, 3.63) is 47.9 Å². The minimum atomic E-state index is 0.804. The molecule has 114 valence electrons. The molecule has 3 aromatic rings. The Bertz CT molecular complexity index is 710. The number of para-hydroxylation sites is 1. The van der Waals surface area contributed by atoms with E-state index in [2.05, 4.69) is 27.6 Å². The summed E-state index contributed by atoms with van der Waals surface area (Å²) in [4.78, 5) is 0. The summed E-state index contributed by atoms with van der Waals surface area (Å²) in [7, 11) is 0. The highest BCUT2D eigenvalue weighted by Gasteiger charge is 2.09. The molecule has 0 aliphatic rings. The second-order valence-corrected chi connectivity index (χ2v) is 5.86.